The molecule has 1 saturated heterocycles. The van der Waals surface area contributed by atoms with E-state index in [1.54, 1.807) is 0 Å². The molecule has 2 aromatic rings. The highest BCUT2D eigenvalue weighted by Crippen LogP contribution is 2.58. The quantitative estimate of drug-likeness (QED) is 0.408. The van der Waals surface area contributed by atoms with Crippen LogP contribution in [-0.2, 0) is 25.0 Å². The molecule has 13 heteroatoms. The van der Waals surface area contributed by atoms with Crippen molar-refractivity contribution in [3.8, 4) is 5.75 Å². The maximum atomic E-state index is 13.1. The van der Waals surface area contributed by atoms with Crippen LogP contribution in [0.15, 0.2) is 23.1 Å². The van der Waals surface area contributed by atoms with E-state index in [0.717, 1.165) is 16.7 Å². The van der Waals surface area contributed by atoms with Gasteiger partial charge in [-0.05, 0) is 44.5 Å². The zero-order valence-corrected chi connectivity index (χ0v) is 19.3. The molecular formula is C18H18B2ClN2O6PS. The summed E-state index contributed by atoms with van der Waals surface area (Å²) in [5, 5.41) is -2.02. The number of hydrogen-bond acceptors (Lipinski definition) is 7. The topological polar surface area (TPSA) is 91.8 Å². The van der Waals surface area contributed by atoms with Crippen LogP contribution in [-0.4, -0.2) is 36.7 Å². The van der Waals surface area contributed by atoms with Gasteiger partial charge in [0.1, 0.15) is 32.7 Å². The molecule has 1 fully saturated rings. The van der Waals surface area contributed by atoms with Gasteiger partial charge in [0, 0.05) is 17.2 Å². The van der Waals surface area contributed by atoms with Crippen molar-refractivity contribution in [2.75, 3.05) is 0 Å². The fourth-order valence-electron chi connectivity index (χ4n) is 3.70. The third kappa shape index (κ3) is 4.58. The number of halogens is 1. The largest absolute Gasteiger partial charge is 0.529 e. The van der Waals surface area contributed by atoms with Crippen molar-refractivity contribution in [2.45, 2.75) is 51.0 Å². The van der Waals surface area contributed by atoms with Gasteiger partial charge in [0.15, 0.2) is 4.77 Å². The fourth-order valence-corrected chi connectivity index (χ4v) is 5.54. The molecule has 31 heavy (non-hydrogen) atoms. The summed E-state index contributed by atoms with van der Waals surface area (Å²) in [6.45, 7) is 3.81. The first-order valence-electron chi connectivity index (χ1n) is 9.47. The summed E-state index contributed by atoms with van der Waals surface area (Å²) in [6.07, 6.45) is 0.743. The van der Waals surface area contributed by atoms with Gasteiger partial charge in [-0.2, -0.15) is 0 Å². The van der Waals surface area contributed by atoms with Crippen LogP contribution in [0.25, 0.3) is 0 Å². The molecule has 2 aliphatic heterocycles. The number of fused-ring (bicyclic) bond motifs is 1. The van der Waals surface area contributed by atoms with Crippen molar-refractivity contribution in [1.82, 2.24) is 9.55 Å². The summed E-state index contributed by atoms with van der Waals surface area (Å²) in [5.74, 6) is 0.426. The van der Waals surface area contributed by atoms with Crippen LogP contribution in [0, 0.1) is 18.6 Å². The van der Waals surface area contributed by atoms with E-state index in [1.807, 2.05) is 26.0 Å². The highest BCUT2D eigenvalue weighted by Gasteiger charge is 2.46. The second kappa shape index (κ2) is 8.21. The Kier molecular flexibility index (Phi) is 6.05. The zero-order chi connectivity index (χ0) is 22.6. The summed E-state index contributed by atoms with van der Waals surface area (Å²) in [7, 11) is 8.16. The molecule has 0 saturated carbocycles. The van der Waals surface area contributed by atoms with E-state index in [9.17, 15) is 9.36 Å². The number of benzene rings is 1. The van der Waals surface area contributed by atoms with E-state index in [2.05, 4.69) is 4.98 Å². The number of nitrogens with one attached hydrogen (secondary N) is 1. The first-order valence-corrected chi connectivity index (χ1v) is 11.7. The summed E-state index contributed by atoms with van der Waals surface area (Å²) >= 11 is 11.1. The van der Waals surface area contributed by atoms with Gasteiger partial charge in [0.05, 0.1) is 12.7 Å². The van der Waals surface area contributed by atoms with E-state index >= 15 is 0 Å². The molecule has 8 nitrogen and oxygen atoms in total. The van der Waals surface area contributed by atoms with E-state index in [0.29, 0.717) is 18.6 Å². The molecule has 3 unspecified atom stereocenters. The number of H-pyrrole nitrogens is 1. The van der Waals surface area contributed by atoms with Crippen molar-refractivity contribution < 1.29 is 22.9 Å². The molecule has 0 aliphatic carbocycles. The van der Waals surface area contributed by atoms with Gasteiger partial charge < -0.3 is 9.26 Å². The molecule has 3 atom stereocenters. The number of ether oxygens (including phenoxy) is 1. The zero-order valence-electron chi connectivity index (χ0n) is 16.8. The summed E-state index contributed by atoms with van der Waals surface area (Å²) in [4.78, 5) is 14.1. The summed E-state index contributed by atoms with van der Waals surface area (Å²) in [6, 6.07) is 3.78. The number of hydrogen-bond donors (Lipinski definition) is 1. The van der Waals surface area contributed by atoms with Crippen molar-refractivity contribution in [3.05, 3.63) is 55.2 Å². The van der Waals surface area contributed by atoms with E-state index < -0.39 is 31.1 Å². The first kappa shape index (κ1) is 22.8. The maximum absolute atomic E-state index is 13.1. The SMILES string of the molecule is [B]C([B])(OP1(=O)OCc2cc(C)cc(C)c2O1)C1CCC(n2cc(Cl)c(=O)[nH]c2=S)O1. The molecular weight excluding hydrogens is 460 g/mol. The number of aryl methyl sites for hydroxylation is 2. The minimum Gasteiger partial charge on any atom is -0.403 e. The Bertz CT molecular complexity index is 1200. The third-order valence-electron chi connectivity index (χ3n) is 5.08. The van der Waals surface area contributed by atoms with Crippen LogP contribution >= 0.6 is 31.6 Å². The second-order valence-electron chi connectivity index (χ2n) is 7.63. The predicted molar refractivity (Wildman–Crippen MR) is 118 cm³/mol. The Balaban J connectivity index is 1.51. The van der Waals surface area contributed by atoms with Gasteiger partial charge in [0.25, 0.3) is 5.56 Å². The minimum absolute atomic E-state index is 0.0321. The van der Waals surface area contributed by atoms with Crippen LogP contribution in [0.3, 0.4) is 0 Å². The van der Waals surface area contributed by atoms with Crippen molar-refractivity contribution in [3.63, 3.8) is 0 Å². The Labute approximate surface area is 191 Å². The smallest absolute Gasteiger partial charge is 0.403 e. The molecule has 4 rings (SSSR count). The monoisotopic (exact) mass is 478 g/mol. The molecule has 1 aromatic heterocycles. The van der Waals surface area contributed by atoms with Gasteiger partial charge in [-0.3, -0.25) is 23.4 Å². The molecule has 1 aromatic carbocycles. The Morgan fingerprint density at radius 3 is 2.84 bits per heavy atom. The molecule has 1 N–H and O–H groups in total. The van der Waals surface area contributed by atoms with Crippen LogP contribution in [0.2, 0.25) is 5.02 Å². The number of nitrogens with zero attached hydrogens (tertiary/aromatic N) is 1. The van der Waals surface area contributed by atoms with Gasteiger partial charge >= 0.3 is 7.82 Å². The fraction of sp³-hybridized carbons (Fsp3) is 0.444. The number of rotatable bonds is 4. The minimum atomic E-state index is -4.10. The number of aromatic nitrogens is 2. The lowest BCUT2D eigenvalue weighted by atomic mass is 9.61. The summed E-state index contributed by atoms with van der Waals surface area (Å²) in [5.41, 5.74) is 2.08. The standard InChI is InChI=1S/C18H18B2ClN2O6PS/c1-9-5-10(2)15-11(6-9)8-26-30(25,28-15)29-18(19,20)13-3-4-14(27-13)23-7-12(21)16(24)22-17(23)31/h5-7,13-14H,3-4,8H2,1-2H3,(H,22,24,31). The Morgan fingerprint density at radius 1 is 1.35 bits per heavy atom. The molecule has 3 heterocycles. The van der Waals surface area contributed by atoms with Gasteiger partial charge in [-0.1, -0.05) is 29.3 Å². The maximum Gasteiger partial charge on any atom is 0.529 e. The molecule has 0 bridgehead atoms. The summed E-state index contributed by atoms with van der Waals surface area (Å²) < 4.78 is 37.1. The second-order valence-corrected chi connectivity index (χ2v) is 9.94. The number of phosphoric ester groups is 1. The lowest BCUT2D eigenvalue weighted by molar-refractivity contribution is -0.0507. The molecule has 0 amide bonds. The third-order valence-corrected chi connectivity index (χ3v) is 7.06. The first-order chi connectivity index (χ1) is 14.5. The number of phosphoric acid groups is 1. The average Bonchev–Trinajstić information content (AvgIpc) is 3.16. The van der Waals surface area contributed by atoms with E-state index in [4.69, 9.17) is 57.8 Å². The van der Waals surface area contributed by atoms with Gasteiger partial charge in [-0.15, -0.1) is 0 Å². The molecule has 4 radical (unpaired) electrons. The van der Waals surface area contributed by atoms with Crippen molar-refractivity contribution >= 4 is 47.3 Å². The molecule has 160 valence electrons. The van der Waals surface area contributed by atoms with Crippen molar-refractivity contribution in [1.29, 1.82) is 0 Å². The molecule has 2 aliphatic rings. The molecule has 0 spiro atoms. The highest BCUT2D eigenvalue weighted by molar-refractivity contribution is 7.71. The number of aromatic amines is 1. The predicted octanol–water partition coefficient (Wildman–Crippen LogP) is 3.58. The normalized spacial score (nSPS) is 25.8. The Hall–Kier alpha value is -1.35. The van der Waals surface area contributed by atoms with Crippen LogP contribution in [0.5, 0.6) is 5.75 Å². The van der Waals surface area contributed by atoms with Crippen LogP contribution in [0.1, 0.15) is 35.8 Å². The Morgan fingerprint density at radius 2 is 2.10 bits per heavy atom. The van der Waals surface area contributed by atoms with Crippen LogP contribution < -0.4 is 10.1 Å². The average molecular weight is 478 g/mol. The van der Waals surface area contributed by atoms with E-state index in [1.165, 1.54) is 10.8 Å². The van der Waals surface area contributed by atoms with Crippen LogP contribution in [0.4, 0.5) is 0 Å². The van der Waals surface area contributed by atoms with E-state index in [-0.39, 0.29) is 16.4 Å². The van der Waals surface area contributed by atoms with Crippen molar-refractivity contribution in [2.24, 2.45) is 0 Å². The van der Waals surface area contributed by atoms with Gasteiger partial charge in [-0.25, -0.2) is 4.57 Å². The van der Waals surface area contributed by atoms with Gasteiger partial charge in [0.2, 0.25) is 0 Å². The highest BCUT2D eigenvalue weighted by atomic mass is 35.5. The lowest BCUT2D eigenvalue weighted by Gasteiger charge is -2.37. The lowest BCUT2D eigenvalue weighted by Crippen LogP contribution is -2.46.